The normalized spacial score (nSPS) is 13.1. The van der Waals surface area contributed by atoms with E-state index in [9.17, 15) is 8.42 Å². The van der Waals surface area contributed by atoms with Crippen LogP contribution in [-0.4, -0.2) is 44.2 Å². The third-order valence-corrected chi connectivity index (χ3v) is 3.06. The summed E-state index contributed by atoms with van der Waals surface area (Å²) in [4.78, 5) is 0. The Balaban J connectivity index is 3.64. The van der Waals surface area contributed by atoms with E-state index in [1.165, 1.54) is 6.26 Å². The second-order valence-electron chi connectivity index (χ2n) is 4.27. The quantitative estimate of drug-likeness (QED) is 0.604. The maximum atomic E-state index is 10.8. The first-order valence-corrected chi connectivity index (χ1v) is 6.86. The van der Waals surface area contributed by atoms with Crippen molar-refractivity contribution in [3.63, 3.8) is 0 Å². The van der Waals surface area contributed by atoms with Gasteiger partial charge in [0.15, 0.2) is 0 Å². The summed E-state index contributed by atoms with van der Waals surface area (Å²) in [7, 11) is -2.84. The van der Waals surface area contributed by atoms with E-state index in [4.69, 9.17) is 5.11 Å². The van der Waals surface area contributed by atoms with Gasteiger partial charge >= 0.3 is 0 Å². The molecule has 5 heteroatoms. The van der Waals surface area contributed by atoms with E-state index in [0.717, 1.165) is 0 Å². The second kappa shape index (κ2) is 5.68. The minimum absolute atomic E-state index is 0.119. The van der Waals surface area contributed by atoms with Crippen LogP contribution in [0.15, 0.2) is 0 Å². The molecule has 0 aliphatic rings. The Hall–Kier alpha value is -0.130. The van der Waals surface area contributed by atoms with E-state index >= 15 is 0 Å². The van der Waals surface area contributed by atoms with E-state index in [2.05, 4.69) is 5.32 Å². The van der Waals surface area contributed by atoms with Crippen LogP contribution in [0.4, 0.5) is 0 Å². The maximum absolute atomic E-state index is 10.8. The molecule has 0 rings (SSSR count). The molecule has 2 N–H and O–H groups in total. The average Bonchev–Trinajstić information content (AvgIpc) is 1.96. The smallest absolute Gasteiger partial charge is 0.147 e. The fourth-order valence-electron chi connectivity index (χ4n) is 1.13. The summed E-state index contributed by atoms with van der Waals surface area (Å²) in [6.45, 7) is 4.79. The lowest BCUT2D eigenvalue weighted by atomic mass is 10.0. The molecule has 0 aliphatic heterocycles. The van der Waals surface area contributed by atoms with Gasteiger partial charge in [-0.1, -0.05) is 0 Å². The monoisotopic (exact) mass is 223 g/mol. The van der Waals surface area contributed by atoms with E-state index in [-0.39, 0.29) is 17.9 Å². The fraction of sp³-hybridized carbons (Fsp3) is 1.00. The van der Waals surface area contributed by atoms with Crippen molar-refractivity contribution in [3.05, 3.63) is 0 Å². The minimum Gasteiger partial charge on any atom is -0.396 e. The van der Waals surface area contributed by atoms with Gasteiger partial charge in [0, 0.05) is 18.4 Å². The third kappa shape index (κ3) is 8.47. The molecule has 0 bridgehead atoms. The van der Waals surface area contributed by atoms with Gasteiger partial charge in [0.2, 0.25) is 0 Å². The van der Waals surface area contributed by atoms with Crippen LogP contribution in [0.1, 0.15) is 26.7 Å². The van der Waals surface area contributed by atoms with E-state index < -0.39 is 9.84 Å². The summed E-state index contributed by atoms with van der Waals surface area (Å²) in [6, 6.07) is 0. The molecule has 0 unspecified atom stereocenters. The Labute approximate surface area is 86.6 Å². The number of hydrogen-bond acceptors (Lipinski definition) is 4. The van der Waals surface area contributed by atoms with E-state index in [1.807, 2.05) is 13.8 Å². The zero-order valence-corrected chi connectivity index (χ0v) is 10.0. The van der Waals surface area contributed by atoms with Gasteiger partial charge in [-0.2, -0.15) is 0 Å². The molecule has 0 aromatic carbocycles. The van der Waals surface area contributed by atoms with Crippen LogP contribution < -0.4 is 5.32 Å². The van der Waals surface area contributed by atoms with Crippen LogP contribution in [0, 0.1) is 0 Å². The molecule has 0 aromatic rings. The number of sulfone groups is 1. The van der Waals surface area contributed by atoms with Crippen LogP contribution >= 0.6 is 0 Å². The van der Waals surface area contributed by atoms with Gasteiger partial charge in [-0.3, -0.25) is 0 Å². The van der Waals surface area contributed by atoms with E-state index in [0.29, 0.717) is 19.4 Å². The van der Waals surface area contributed by atoms with Gasteiger partial charge < -0.3 is 10.4 Å². The summed E-state index contributed by atoms with van der Waals surface area (Å²) in [5.41, 5.74) is -0.119. The lowest BCUT2D eigenvalue weighted by Crippen LogP contribution is -2.40. The molecule has 0 radical (unpaired) electrons. The molecule has 0 fully saturated rings. The molecule has 4 nitrogen and oxygen atoms in total. The highest BCUT2D eigenvalue weighted by atomic mass is 32.2. The van der Waals surface area contributed by atoms with Gasteiger partial charge in [0.1, 0.15) is 9.84 Å². The van der Waals surface area contributed by atoms with Crippen molar-refractivity contribution in [1.29, 1.82) is 0 Å². The highest BCUT2D eigenvalue weighted by Crippen LogP contribution is 2.06. The molecule has 0 spiro atoms. The molecule has 14 heavy (non-hydrogen) atoms. The van der Waals surface area contributed by atoms with Crippen molar-refractivity contribution in [2.75, 3.05) is 25.2 Å². The Kier molecular flexibility index (Phi) is 5.63. The van der Waals surface area contributed by atoms with Crippen LogP contribution in [0.2, 0.25) is 0 Å². The van der Waals surface area contributed by atoms with Crippen LogP contribution in [-0.2, 0) is 9.84 Å². The van der Waals surface area contributed by atoms with Gasteiger partial charge in [-0.05, 0) is 33.2 Å². The lowest BCUT2D eigenvalue weighted by Gasteiger charge is -2.25. The molecule has 0 atom stereocenters. The maximum Gasteiger partial charge on any atom is 0.147 e. The number of nitrogens with one attached hydrogen (secondary N) is 1. The van der Waals surface area contributed by atoms with Gasteiger partial charge in [0.05, 0.1) is 5.75 Å². The number of aliphatic hydroxyl groups is 1. The van der Waals surface area contributed by atoms with Crippen molar-refractivity contribution in [3.8, 4) is 0 Å². The number of hydrogen-bond donors (Lipinski definition) is 2. The van der Waals surface area contributed by atoms with Gasteiger partial charge in [-0.25, -0.2) is 8.42 Å². The second-order valence-corrected chi connectivity index (χ2v) is 6.53. The van der Waals surface area contributed by atoms with Crippen molar-refractivity contribution >= 4 is 9.84 Å². The Morgan fingerprint density at radius 3 is 2.36 bits per heavy atom. The third-order valence-electron chi connectivity index (χ3n) is 2.03. The summed E-state index contributed by atoms with van der Waals surface area (Å²) in [5.74, 6) is 0.217. The first-order chi connectivity index (χ1) is 6.27. The molecule has 0 saturated heterocycles. The predicted octanol–water partition coefficient (Wildman–Crippen LogP) is 0.172. The SMILES string of the molecule is CC(C)(CCO)NCCCS(C)(=O)=O. The van der Waals surface area contributed by atoms with Gasteiger partial charge in [-0.15, -0.1) is 0 Å². The molecule has 0 amide bonds. The predicted molar refractivity (Wildman–Crippen MR) is 58.1 cm³/mol. The molecular formula is C9H21NO3S. The summed E-state index contributed by atoms with van der Waals surface area (Å²) < 4.78 is 21.6. The van der Waals surface area contributed by atoms with Crippen molar-refractivity contribution in [2.24, 2.45) is 0 Å². The summed E-state index contributed by atoms with van der Waals surface area (Å²) in [6.07, 6.45) is 2.53. The lowest BCUT2D eigenvalue weighted by molar-refractivity contribution is 0.231. The summed E-state index contributed by atoms with van der Waals surface area (Å²) >= 11 is 0. The Morgan fingerprint density at radius 1 is 1.36 bits per heavy atom. The zero-order valence-electron chi connectivity index (χ0n) is 9.21. The molecule has 0 aliphatic carbocycles. The van der Waals surface area contributed by atoms with Crippen LogP contribution in [0.3, 0.4) is 0 Å². The van der Waals surface area contributed by atoms with E-state index in [1.54, 1.807) is 0 Å². The zero-order chi connectivity index (χ0) is 11.2. The molecular weight excluding hydrogens is 202 g/mol. The standard InChI is InChI=1S/C9H21NO3S/c1-9(2,5-7-11)10-6-4-8-14(3,12)13/h10-11H,4-8H2,1-3H3. The van der Waals surface area contributed by atoms with Crippen LogP contribution in [0.25, 0.3) is 0 Å². The van der Waals surface area contributed by atoms with Gasteiger partial charge in [0.25, 0.3) is 0 Å². The average molecular weight is 223 g/mol. The molecule has 0 heterocycles. The minimum atomic E-state index is -2.84. The molecule has 0 aromatic heterocycles. The van der Waals surface area contributed by atoms with Crippen molar-refractivity contribution < 1.29 is 13.5 Å². The highest BCUT2D eigenvalue weighted by molar-refractivity contribution is 7.90. The Bertz CT molecular complexity index is 247. The first-order valence-electron chi connectivity index (χ1n) is 4.80. The summed E-state index contributed by atoms with van der Waals surface area (Å²) in [5, 5.41) is 12.0. The molecule has 86 valence electrons. The number of aliphatic hydroxyl groups excluding tert-OH is 1. The topological polar surface area (TPSA) is 66.4 Å². The number of rotatable bonds is 7. The highest BCUT2D eigenvalue weighted by Gasteiger charge is 2.15. The van der Waals surface area contributed by atoms with Crippen molar-refractivity contribution in [1.82, 2.24) is 5.32 Å². The molecule has 0 saturated carbocycles. The van der Waals surface area contributed by atoms with Crippen molar-refractivity contribution in [2.45, 2.75) is 32.2 Å². The Morgan fingerprint density at radius 2 is 1.93 bits per heavy atom. The fourth-order valence-corrected chi connectivity index (χ4v) is 1.80. The first kappa shape index (κ1) is 13.9. The van der Waals surface area contributed by atoms with Crippen LogP contribution in [0.5, 0.6) is 0 Å². The largest absolute Gasteiger partial charge is 0.396 e.